The number of rotatable bonds is 2. The van der Waals surface area contributed by atoms with Gasteiger partial charge in [0.2, 0.25) is 0 Å². The van der Waals surface area contributed by atoms with Gasteiger partial charge in [-0.2, -0.15) is 0 Å². The van der Waals surface area contributed by atoms with Gasteiger partial charge in [0.15, 0.2) is 0 Å². The van der Waals surface area contributed by atoms with Gasteiger partial charge in [0.1, 0.15) is 0 Å². The third-order valence-electron chi connectivity index (χ3n) is 3.80. The van der Waals surface area contributed by atoms with E-state index in [2.05, 4.69) is 47.5 Å². The molecule has 3 rings (SSSR count). The largest absolute Gasteiger partial charge is 0.365 e. The van der Waals surface area contributed by atoms with Crippen LogP contribution in [0.3, 0.4) is 0 Å². The van der Waals surface area contributed by atoms with Crippen LogP contribution in [0, 0.1) is 6.92 Å². The second-order valence-electron chi connectivity index (χ2n) is 5.31. The molecule has 3 heteroatoms. The first-order valence-corrected chi connectivity index (χ1v) is 7.40. The number of halogens is 1. The quantitative estimate of drug-likeness (QED) is 0.904. The van der Waals surface area contributed by atoms with Crippen molar-refractivity contribution in [2.75, 3.05) is 18.0 Å². The summed E-state index contributed by atoms with van der Waals surface area (Å²) in [5, 5.41) is 4.29. The van der Waals surface area contributed by atoms with E-state index in [4.69, 9.17) is 11.6 Å². The van der Waals surface area contributed by atoms with E-state index in [1.54, 1.807) is 0 Å². The number of anilines is 1. The standard InChI is InChI=1S/C17H19ClN2/c1-13-3-2-4-15-11-19-9-10-20(17(13)15)12-14-5-7-16(18)8-6-14/h2-8,19H,9-12H2,1H3. The number of nitrogens with zero attached hydrogens (tertiary/aromatic N) is 1. The minimum Gasteiger partial charge on any atom is -0.365 e. The molecular weight excluding hydrogens is 268 g/mol. The molecule has 0 radical (unpaired) electrons. The van der Waals surface area contributed by atoms with Crippen molar-refractivity contribution < 1.29 is 0 Å². The highest BCUT2D eigenvalue weighted by molar-refractivity contribution is 6.30. The van der Waals surface area contributed by atoms with Gasteiger partial charge in [0, 0.05) is 36.9 Å². The van der Waals surface area contributed by atoms with E-state index in [0.717, 1.165) is 31.2 Å². The molecule has 1 heterocycles. The second-order valence-corrected chi connectivity index (χ2v) is 5.74. The number of hydrogen-bond donors (Lipinski definition) is 1. The van der Waals surface area contributed by atoms with Gasteiger partial charge < -0.3 is 10.2 Å². The summed E-state index contributed by atoms with van der Waals surface area (Å²) in [6, 6.07) is 14.7. The zero-order valence-electron chi connectivity index (χ0n) is 11.7. The Morgan fingerprint density at radius 3 is 2.75 bits per heavy atom. The first-order valence-electron chi connectivity index (χ1n) is 7.02. The van der Waals surface area contributed by atoms with Crippen LogP contribution in [0.2, 0.25) is 5.02 Å². The van der Waals surface area contributed by atoms with Crippen molar-refractivity contribution in [1.82, 2.24) is 5.32 Å². The Morgan fingerprint density at radius 1 is 1.15 bits per heavy atom. The second kappa shape index (κ2) is 5.86. The number of nitrogens with one attached hydrogen (secondary N) is 1. The molecule has 0 atom stereocenters. The molecule has 104 valence electrons. The van der Waals surface area contributed by atoms with Crippen molar-refractivity contribution in [3.63, 3.8) is 0 Å². The molecule has 1 N–H and O–H groups in total. The maximum atomic E-state index is 5.96. The van der Waals surface area contributed by atoms with Crippen molar-refractivity contribution in [3.05, 3.63) is 64.2 Å². The van der Waals surface area contributed by atoms with Crippen molar-refractivity contribution in [2.45, 2.75) is 20.0 Å². The van der Waals surface area contributed by atoms with Gasteiger partial charge in [-0.05, 0) is 35.7 Å². The summed E-state index contributed by atoms with van der Waals surface area (Å²) in [7, 11) is 0. The number of fused-ring (bicyclic) bond motifs is 1. The summed E-state index contributed by atoms with van der Waals surface area (Å²) in [6.45, 7) is 6.12. The van der Waals surface area contributed by atoms with Gasteiger partial charge >= 0.3 is 0 Å². The van der Waals surface area contributed by atoms with Crippen molar-refractivity contribution in [2.24, 2.45) is 0 Å². The maximum absolute atomic E-state index is 5.96. The van der Waals surface area contributed by atoms with Crippen molar-refractivity contribution in [1.29, 1.82) is 0 Å². The minimum atomic E-state index is 0.794. The summed E-state index contributed by atoms with van der Waals surface area (Å²) in [4.78, 5) is 2.47. The van der Waals surface area contributed by atoms with Gasteiger partial charge in [0.05, 0.1) is 0 Å². The lowest BCUT2D eigenvalue weighted by Crippen LogP contribution is -2.28. The lowest BCUT2D eigenvalue weighted by Gasteiger charge is -2.26. The molecule has 1 aliphatic heterocycles. The number of hydrogen-bond acceptors (Lipinski definition) is 2. The fourth-order valence-corrected chi connectivity index (χ4v) is 2.96. The van der Waals surface area contributed by atoms with Crippen LogP contribution in [-0.2, 0) is 13.1 Å². The molecule has 0 saturated heterocycles. The highest BCUT2D eigenvalue weighted by Gasteiger charge is 2.16. The molecule has 0 bridgehead atoms. The topological polar surface area (TPSA) is 15.3 Å². The summed E-state index contributed by atoms with van der Waals surface area (Å²) in [5.74, 6) is 0. The normalized spacial score (nSPS) is 14.8. The molecule has 1 aliphatic rings. The fourth-order valence-electron chi connectivity index (χ4n) is 2.83. The molecule has 0 unspecified atom stereocenters. The van der Waals surface area contributed by atoms with Crippen LogP contribution in [0.5, 0.6) is 0 Å². The van der Waals surface area contributed by atoms with Crippen LogP contribution in [0.15, 0.2) is 42.5 Å². The van der Waals surface area contributed by atoms with Crippen LogP contribution in [0.1, 0.15) is 16.7 Å². The fraction of sp³-hybridized carbons (Fsp3) is 0.294. The molecule has 0 saturated carbocycles. The van der Waals surface area contributed by atoms with E-state index < -0.39 is 0 Å². The Hall–Kier alpha value is -1.51. The summed E-state index contributed by atoms with van der Waals surface area (Å²) < 4.78 is 0. The number of para-hydroxylation sites is 1. The average molecular weight is 287 g/mol. The van der Waals surface area contributed by atoms with Crippen LogP contribution >= 0.6 is 11.6 Å². The molecular formula is C17H19ClN2. The molecule has 20 heavy (non-hydrogen) atoms. The molecule has 0 aliphatic carbocycles. The smallest absolute Gasteiger partial charge is 0.0445 e. The first-order chi connectivity index (χ1) is 9.74. The Kier molecular flexibility index (Phi) is 3.95. The molecule has 2 aromatic rings. The third kappa shape index (κ3) is 2.82. The lowest BCUT2D eigenvalue weighted by molar-refractivity contribution is 0.688. The Labute approximate surface area is 125 Å². The molecule has 0 aromatic heterocycles. The predicted molar refractivity (Wildman–Crippen MR) is 85.4 cm³/mol. The van der Waals surface area contributed by atoms with Crippen molar-refractivity contribution in [3.8, 4) is 0 Å². The predicted octanol–water partition coefficient (Wildman–Crippen LogP) is 3.76. The van der Waals surface area contributed by atoms with Crippen LogP contribution in [-0.4, -0.2) is 13.1 Å². The minimum absolute atomic E-state index is 0.794. The highest BCUT2D eigenvalue weighted by atomic mass is 35.5. The number of benzene rings is 2. The molecule has 0 amide bonds. The molecule has 0 spiro atoms. The molecule has 2 nitrogen and oxygen atoms in total. The molecule has 2 aromatic carbocycles. The van der Waals surface area contributed by atoms with Gasteiger partial charge in [-0.1, -0.05) is 41.9 Å². The SMILES string of the molecule is Cc1cccc2c1N(Cc1ccc(Cl)cc1)CCNC2. The Balaban J connectivity index is 1.92. The van der Waals surface area contributed by atoms with Gasteiger partial charge in [-0.15, -0.1) is 0 Å². The van der Waals surface area contributed by atoms with Crippen LogP contribution in [0.25, 0.3) is 0 Å². The zero-order valence-corrected chi connectivity index (χ0v) is 12.5. The van der Waals surface area contributed by atoms with E-state index in [-0.39, 0.29) is 0 Å². The summed E-state index contributed by atoms with van der Waals surface area (Å²) >= 11 is 5.96. The van der Waals surface area contributed by atoms with Gasteiger partial charge in [0.25, 0.3) is 0 Å². The van der Waals surface area contributed by atoms with Gasteiger partial charge in [-0.3, -0.25) is 0 Å². The van der Waals surface area contributed by atoms with Crippen LogP contribution in [0.4, 0.5) is 5.69 Å². The zero-order chi connectivity index (χ0) is 13.9. The first kappa shape index (κ1) is 13.5. The van der Waals surface area contributed by atoms with Crippen LogP contribution < -0.4 is 10.2 Å². The van der Waals surface area contributed by atoms with Crippen molar-refractivity contribution >= 4 is 17.3 Å². The average Bonchev–Trinajstić information content (AvgIpc) is 2.65. The Bertz CT molecular complexity index is 592. The molecule has 0 fully saturated rings. The van der Waals surface area contributed by atoms with Gasteiger partial charge in [-0.25, -0.2) is 0 Å². The monoisotopic (exact) mass is 286 g/mol. The van der Waals surface area contributed by atoms with E-state index >= 15 is 0 Å². The van der Waals surface area contributed by atoms with E-state index in [0.29, 0.717) is 0 Å². The number of aryl methyl sites for hydroxylation is 1. The highest BCUT2D eigenvalue weighted by Crippen LogP contribution is 2.28. The Morgan fingerprint density at radius 2 is 1.95 bits per heavy atom. The lowest BCUT2D eigenvalue weighted by atomic mass is 10.1. The van der Waals surface area contributed by atoms with E-state index in [9.17, 15) is 0 Å². The third-order valence-corrected chi connectivity index (χ3v) is 4.05. The summed E-state index contributed by atoms with van der Waals surface area (Å²) in [5.41, 5.74) is 5.41. The van der Waals surface area contributed by atoms with E-state index in [1.807, 2.05) is 12.1 Å². The van der Waals surface area contributed by atoms with E-state index in [1.165, 1.54) is 22.4 Å². The summed E-state index contributed by atoms with van der Waals surface area (Å²) in [6.07, 6.45) is 0. The maximum Gasteiger partial charge on any atom is 0.0445 e.